The van der Waals surface area contributed by atoms with Gasteiger partial charge in [0.15, 0.2) is 0 Å². The number of aliphatic carboxylic acids is 1. The van der Waals surface area contributed by atoms with Crippen LogP contribution in [0.15, 0.2) is 54.6 Å². The Morgan fingerprint density at radius 3 is 2.50 bits per heavy atom. The Bertz CT molecular complexity index is 999. The van der Waals surface area contributed by atoms with Gasteiger partial charge in [0.25, 0.3) is 0 Å². The molecule has 0 spiro atoms. The molecule has 1 N–H and O–H groups in total. The predicted molar refractivity (Wildman–Crippen MR) is 105 cm³/mol. The van der Waals surface area contributed by atoms with Gasteiger partial charge in [-0.05, 0) is 43.7 Å². The number of hydrogen-bond acceptors (Lipinski definition) is 4. The monoisotopic (exact) mass is 375 g/mol. The Morgan fingerprint density at radius 2 is 1.86 bits per heavy atom. The van der Waals surface area contributed by atoms with E-state index in [1.54, 1.807) is 11.7 Å². The molecule has 3 rings (SSSR count). The number of aryl methyl sites for hydroxylation is 1. The van der Waals surface area contributed by atoms with Crippen LogP contribution < -0.4 is 4.74 Å². The van der Waals surface area contributed by atoms with Gasteiger partial charge in [-0.3, -0.25) is 4.79 Å². The molecule has 0 radical (unpaired) electrons. The maximum absolute atomic E-state index is 11.0. The molecule has 0 amide bonds. The van der Waals surface area contributed by atoms with E-state index in [0.29, 0.717) is 12.4 Å². The van der Waals surface area contributed by atoms with Crippen molar-refractivity contribution < 1.29 is 14.6 Å². The van der Waals surface area contributed by atoms with Crippen molar-refractivity contribution in [2.45, 2.75) is 32.8 Å². The molecule has 28 heavy (non-hydrogen) atoms. The third kappa shape index (κ3) is 4.77. The Labute approximate surface area is 163 Å². The molecule has 6 heteroatoms. The number of nitrogens with zero attached hydrogens (tertiary/aromatic N) is 3. The summed E-state index contributed by atoms with van der Waals surface area (Å²) in [6, 6.07) is 17.0. The number of hydrogen-bond donors (Lipinski definition) is 1. The van der Waals surface area contributed by atoms with Gasteiger partial charge in [-0.1, -0.05) is 36.3 Å². The number of carboxylic acids is 1. The Kier molecular flexibility index (Phi) is 6.07. The minimum absolute atomic E-state index is 0.0250. The second kappa shape index (κ2) is 8.87. The first kappa shape index (κ1) is 19.2. The smallest absolute Gasteiger partial charge is 0.304 e. The van der Waals surface area contributed by atoms with E-state index in [9.17, 15) is 4.79 Å². The Hall–Kier alpha value is -3.59. The first-order valence-electron chi connectivity index (χ1n) is 8.92. The molecule has 0 saturated heterocycles. The summed E-state index contributed by atoms with van der Waals surface area (Å²) in [7, 11) is 0. The SMILES string of the molecule is CC#CC(CC(=O)O)c1ccc(OCc2nn(-c3ccccc3)nc2C)cc1. The molecule has 0 bridgehead atoms. The minimum atomic E-state index is -0.870. The van der Waals surface area contributed by atoms with Crippen molar-refractivity contribution in [1.29, 1.82) is 0 Å². The standard InChI is InChI=1S/C22H21N3O3/c1-3-7-18(14-22(26)27)17-10-12-20(13-11-17)28-15-21-16(2)23-25(24-21)19-8-5-4-6-9-19/h4-6,8-13,18H,14-15H2,1-2H3,(H,26,27). The van der Waals surface area contributed by atoms with Crippen molar-refractivity contribution in [2.75, 3.05) is 0 Å². The van der Waals surface area contributed by atoms with E-state index in [4.69, 9.17) is 9.84 Å². The van der Waals surface area contributed by atoms with Gasteiger partial charge in [0.1, 0.15) is 18.1 Å². The molecule has 0 fully saturated rings. The lowest BCUT2D eigenvalue weighted by Gasteiger charge is -2.10. The van der Waals surface area contributed by atoms with E-state index in [0.717, 1.165) is 22.6 Å². The summed E-state index contributed by atoms with van der Waals surface area (Å²) < 4.78 is 5.83. The van der Waals surface area contributed by atoms with Crippen LogP contribution in [0.3, 0.4) is 0 Å². The molecule has 142 valence electrons. The average molecular weight is 375 g/mol. The Morgan fingerprint density at radius 1 is 1.14 bits per heavy atom. The number of carboxylic acid groups (broad SMARTS) is 1. The zero-order valence-corrected chi connectivity index (χ0v) is 15.8. The summed E-state index contributed by atoms with van der Waals surface area (Å²) in [5, 5.41) is 18.0. The van der Waals surface area contributed by atoms with Gasteiger partial charge in [-0.2, -0.15) is 9.90 Å². The van der Waals surface area contributed by atoms with Crippen molar-refractivity contribution in [3.63, 3.8) is 0 Å². The quantitative estimate of drug-likeness (QED) is 0.637. The number of rotatable bonds is 7. The summed E-state index contributed by atoms with van der Waals surface area (Å²) in [6.45, 7) is 3.90. The molecule has 0 aliphatic heterocycles. The van der Waals surface area contributed by atoms with Crippen molar-refractivity contribution in [3.8, 4) is 23.3 Å². The molecular formula is C22H21N3O3. The molecule has 1 aromatic heterocycles. The number of para-hydroxylation sites is 1. The van der Waals surface area contributed by atoms with Gasteiger partial charge in [0.05, 0.1) is 23.7 Å². The molecule has 6 nitrogen and oxygen atoms in total. The summed E-state index contributed by atoms with van der Waals surface area (Å²) in [6.07, 6.45) is -0.0250. The summed E-state index contributed by atoms with van der Waals surface area (Å²) in [5.74, 6) is 5.21. The number of benzene rings is 2. The summed E-state index contributed by atoms with van der Waals surface area (Å²) >= 11 is 0. The minimum Gasteiger partial charge on any atom is -0.487 e. The average Bonchev–Trinajstić information content (AvgIpc) is 3.07. The number of carbonyl (C=O) groups is 1. The second-order valence-electron chi connectivity index (χ2n) is 6.26. The molecule has 0 aliphatic rings. The fourth-order valence-corrected chi connectivity index (χ4v) is 2.77. The van der Waals surface area contributed by atoms with Crippen LogP contribution in [0.25, 0.3) is 5.69 Å². The van der Waals surface area contributed by atoms with Crippen LogP contribution in [0, 0.1) is 18.8 Å². The highest BCUT2D eigenvalue weighted by Gasteiger charge is 2.13. The zero-order valence-electron chi connectivity index (χ0n) is 15.8. The summed E-state index contributed by atoms with van der Waals surface area (Å²) in [5.41, 5.74) is 3.31. The Balaban J connectivity index is 1.67. The maximum Gasteiger partial charge on any atom is 0.304 e. The molecule has 2 aromatic carbocycles. The lowest BCUT2D eigenvalue weighted by molar-refractivity contribution is -0.137. The fraction of sp³-hybridized carbons (Fsp3) is 0.227. The van der Waals surface area contributed by atoms with E-state index >= 15 is 0 Å². The van der Waals surface area contributed by atoms with Crippen LogP contribution in [-0.4, -0.2) is 26.1 Å². The first-order chi connectivity index (χ1) is 13.6. The fourth-order valence-electron chi connectivity index (χ4n) is 2.77. The number of aromatic nitrogens is 3. The topological polar surface area (TPSA) is 77.2 Å². The third-order valence-corrected chi connectivity index (χ3v) is 4.22. The highest BCUT2D eigenvalue weighted by Crippen LogP contribution is 2.23. The molecule has 0 aliphatic carbocycles. The van der Waals surface area contributed by atoms with Crippen LogP contribution in [0.1, 0.15) is 36.2 Å². The van der Waals surface area contributed by atoms with Crippen molar-refractivity contribution in [1.82, 2.24) is 15.0 Å². The number of ether oxygens (including phenoxy) is 1. The van der Waals surface area contributed by atoms with Gasteiger partial charge in [0, 0.05) is 0 Å². The van der Waals surface area contributed by atoms with Crippen molar-refractivity contribution >= 4 is 5.97 Å². The second-order valence-corrected chi connectivity index (χ2v) is 6.26. The predicted octanol–water partition coefficient (Wildman–Crippen LogP) is 3.74. The van der Waals surface area contributed by atoms with E-state index < -0.39 is 5.97 Å². The van der Waals surface area contributed by atoms with Crippen LogP contribution in [0.4, 0.5) is 0 Å². The molecular weight excluding hydrogens is 354 g/mol. The first-order valence-corrected chi connectivity index (χ1v) is 8.92. The molecule has 3 aromatic rings. The third-order valence-electron chi connectivity index (χ3n) is 4.22. The van der Waals surface area contributed by atoms with E-state index in [1.807, 2.05) is 61.5 Å². The van der Waals surface area contributed by atoms with Gasteiger partial charge in [0.2, 0.25) is 0 Å². The van der Waals surface area contributed by atoms with E-state index in [-0.39, 0.29) is 12.3 Å². The molecule has 1 heterocycles. The van der Waals surface area contributed by atoms with Crippen LogP contribution in [0.5, 0.6) is 5.75 Å². The van der Waals surface area contributed by atoms with Gasteiger partial charge >= 0.3 is 5.97 Å². The van der Waals surface area contributed by atoms with Crippen molar-refractivity contribution in [3.05, 3.63) is 71.5 Å². The van der Waals surface area contributed by atoms with Gasteiger partial charge < -0.3 is 9.84 Å². The van der Waals surface area contributed by atoms with E-state index in [1.165, 1.54) is 0 Å². The van der Waals surface area contributed by atoms with E-state index in [2.05, 4.69) is 22.0 Å². The van der Waals surface area contributed by atoms with Crippen molar-refractivity contribution in [2.24, 2.45) is 0 Å². The zero-order chi connectivity index (χ0) is 19.9. The largest absolute Gasteiger partial charge is 0.487 e. The lowest BCUT2D eigenvalue weighted by Crippen LogP contribution is -2.05. The summed E-state index contributed by atoms with van der Waals surface area (Å²) in [4.78, 5) is 12.6. The lowest BCUT2D eigenvalue weighted by atomic mass is 9.96. The maximum atomic E-state index is 11.0. The normalized spacial score (nSPS) is 11.4. The van der Waals surface area contributed by atoms with Gasteiger partial charge in [-0.25, -0.2) is 0 Å². The molecule has 0 saturated carbocycles. The van der Waals surface area contributed by atoms with Gasteiger partial charge in [-0.15, -0.1) is 11.0 Å². The highest BCUT2D eigenvalue weighted by atomic mass is 16.5. The molecule has 1 atom stereocenters. The highest BCUT2D eigenvalue weighted by molar-refractivity contribution is 5.69. The van der Waals surface area contributed by atoms with Crippen LogP contribution in [-0.2, 0) is 11.4 Å². The van der Waals surface area contributed by atoms with Crippen LogP contribution >= 0.6 is 0 Å². The molecule has 1 unspecified atom stereocenters. The van der Waals surface area contributed by atoms with Crippen LogP contribution in [0.2, 0.25) is 0 Å².